The molecule has 0 aromatic heterocycles. The lowest BCUT2D eigenvalue weighted by Gasteiger charge is -2.26. The summed E-state index contributed by atoms with van der Waals surface area (Å²) in [5.74, 6) is -0.336. The monoisotopic (exact) mass is 391 g/mol. The van der Waals surface area contributed by atoms with Gasteiger partial charge < -0.3 is 11.1 Å². The van der Waals surface area contributed by atoms with Crippen molar-refractivity contribution in [3.05, 3.63) is 23.8 Å². The van der Waals surface area contributed by atoms with Crippen molar-refractivity contribution in [1.82, 2.24) is 4.31 Å². The standard InChI is InChI=1S/C17H29N3O3S.ClH/c1-7-20(8-2)24(22,23)14-11-13(10-9-12(14)3)19-16(21)15(18)17(4,5)6;/h9-11,15H,7-8,18H2,1-6H3,(H,19,21);1H/t15-;/m1./s1. The number of anilines is 1. The van der Waals surface area contributed by atoms with Crippen LogP contribution in [-0.4, -0.2) is 37.8 Å². The van der Waals surface area contributed by atoms with E-state index < -0.39 is 16.1 Å². The molecule has 1 aromatic carbocycles. The van der Waals surface area contributed by atoms with E-state index in [0.717, 1.165) is 0 Å². The minimum absolute atomic E-state index is 0. The molecule has 8 heteroatoms. The first-order valence-electron chi connectivity index (χ1n) is 8.12. The van der Waals surface area contributed by atoms with E-state index >= 15 is 0 Å². The Labute approximate surface area is 157 Å². The first-order chi connectivity index (χ1) is 10.9. The van der Waals surface area contributed by atoms with Crippen molar-refractivity contribution >= 4 is 34.0 Å². The van der Waals surface area contributed by atoms with E-state index in [1.807, 2.05) is 20.8 Å². The van der Waals surface area contributed by atoms with Crippen molar-refractivity contribution in [3.8, 4) is 0 Å². The fourth-order valence-electron chi connectivity index (χ4n) is 2.27. The predicted molar refractivity (Wildman–Crippen MR) is 105 cm³/mol. The van der Waals surface area contributed by atoms with E-state index in [-0.39, 0.29) is 28.6 Å². The van der Waals surface area contributed by atoms with Gasteiger partial charge in [0.1, 0.15) is 0 Å². The first kappa shape index (κ1) is 23.9. The number of rotatable bonds is 6. The van der Waals surface area contributed by atoms with Crippen LogP contribution in [0.2, 0.25) is 0 Å². The number of amides is 1. The first-order valence-corrected chi connectivity index (χ1v) is 9.56. The second-order valence-electron chi connectivity index (χ2n) is 6.90. The van der Waals surface area contributed by atoms with Gasteiger partial charge in [0.15, 0.2) is 0 Å². The van der Waals surface area contributed by atoms with Crippen molar-refractivity contribution in [2.45, 2.75) is 52.5 Å². The van der Waals surface area contributed by atoms with Crippen LogP contribution in [0.5, 0.6) is 0 Å². The van der Waals surface area contributed by atoms with E-state index in [1.54, 1.807) is 32.9 Å². The minimum atomic E-state index is -3.59. The number of hydrogen-bond donors (Lipinski definition) is 2. The smallest absolute Gasteiger partial charge is 0.243 e. The molecule has 25 heavy (non-hydrogen) atoms. The molecule has 1 amide bonds. The molecule has 1 aromatic rings. The van der Waals surface area contributed by atoms with Gasteiger partial charge in [-0.2, -0.15) is 4.31 Å². The molecule has 1 atom stereocenters. The minimum Gasteiger partial charge on any atom is -0.325 e. The molecule has 0 aliphatic rings. The lowest BCUT2D eigenvalue weighted by Crippen LogP contribution is -2.45. The van der Waals surface area contributed by atoms with Gasteiger partial charge in [-0.1, -0.05) is 40.7 Å². The van der Waals surface area contributed by atoms with Crippen LogP contribution >= 0.6 is 12.4 Å². The number of halogens is 1. The SMILES string of the molecule is CCN(CC)S(=O)(=O)c1cc(NC(=O)[C@@H](N)C(C)(C)C)ccc1C.Cl. The summed E-state index contributed by atoms with van der Waals surface area (Å²) in [6.07, 6.45) is 0. The quantitative estimate of drug-likeness (QED) is 0.779. The maximum Gasteiger partial charge on any atom is 0.243 e. The average molecular weight is 392 g/mol. The second-order valence-corrected chi connectivity index (χ2v) is 8.81. The summed E-state index contributed by atoms with van der Waals surface area (Å²) in [5, 5.41) is 2.72. The molecule has 0 saturated heterocycles. The van der Waals surface area contributed by atoms with E-state index in [1.165, 1.54) is 10.4 Å². The summed E-state index contributed by atoms with van der Waals surface area (Å²) in [7, 11) is -3.59. The highest BCUT2D eigenvalue weighted by atomic mass is 35.5. The Kier molecular flexibility index (Phi) is 8.57. The zero-order valence-corrected chi connectivity index (χ0v) is 17.4. The summed E-state index contributed by atoms with van der Waals surface area (Å²) >= 11 is 0. The Bertz CT molecular complexity index is 696. The lowest BCUT2D eigenvalue weighted by molar-refractivity contribution is -0.119. The zero-order valence-electron chi connectivity index (χ0n) is 15.8. The van der Waals surface area contributed by atoms with Crippen LogP contribution in [0.15, 0.2) is 23.1 Å². The highest BCUT2D eigenvalue weighted by Gasteiger charge is 2.28. The molecule has 3 N–H and O–H groups in total. The van der Waals surface area contributed by atoms with Gasteiger partial charge in [0.2, 0.25) is 15.9 Å². The Hall–Kier alpha value is -1.15. The van der Waals surface area contributed by atoms with Crippen molar-refractivity contribution in [2.75, 3.05) is 18.4 Å². The number of benzene rings is 1. The van der Waals surface area contributed by atoms with Crippen LogP contribution < -0.4 is 11.1 Å². The summed E-state index contributed by atoms with van der Waals surface area (Å²) in [4.78, 5) is 12.5. The van der Waals surface area contributed by atoms with E-state index in [2.05, 4.69) is 5.32 Å². The third-order valence-electron chi connectivity index (χ3n) is 3.99. The lowest BCUT2D eigenvalue weighted by atomic mass is 9.87. The normalized spacial score (nSPS) is 13.3. The van der Waals surface area contributed by atoms with Gasteiger partial charge >= 0.3 is 0 Å². The maximum absolute atomic E-state index is 12.7. The summed E-state index contributed by atoms with van der Waals surface area (Å²) in [6, 6.07) is 4.18. The summed E-state index contributed by atoms with van der Waals surface area (Å²) in [6.45, 7) is 11.7. The van der Waals surface area contributed by atoms with E-state index in [0.29, 0.717) is 24.3 Å². The number of nitrogens with zero attached hydrogens (tertiary/aromatic N) is 1. The number of carbonyl (C=O) groups excluding carboxylic acids is 1. The molecule has 0 fully saturated rings. The van der Waals surface area contributed by atoms with E-state index in [4.69, 9.17) is 5.73 Å². The topological polar surface area (TPSA) is 92.5 Å². The number of aryl methyl sites for hydroxylation is 1. The van der Waals surface area contributed by atoms with Crippen LogP contribution in [0, 0.1) is 12.3 Å². The second kappa shape index (κ2) is 8.98. The molecule has 1 rings (SSSR count). The Morgan fingerprint density at radius 2 is 1.76 bits per heavy atom. The van der Waals surface area contributed by atoms with Crippen molar-refractivity contribution in [1.29, 1.82) is 0 Å². The molecule has 0 heterocycles. The predicted octanol–water partition coefficient (Wildman–Crippen LogP) is 2.76. The Balaban J connectivity index is 0.00000576. The zero-order chi connectivity index (χ0) is 18.7. The van der Waals surface area contributed by atoms with E-state index in [9.17, 15) is 13.2 Å². The molecule has 0 unspecified atom stereocenters. The van der Waals surface area contributed by atoms with Gasteiger partial charge in [-0.3, -0.25) is 4.79 Å². The Morgan fingerprint density at radius 3 is 2.20 bits per heavy atom. The fourth-order valence-corrected chi connectivity index (χ4v) is 3.98. The third kappa shape index (κ3) is 5.67. The molecular formula is C17H30ClN3O3S. The molecule has 144 valence electrons. The van der Waals surface area contributed by atoms with Gasteiger partial charge in [-0.15, -0.1) is 12.4 Å². The van der Waals surface area contributed by atoms with Crippen LogP contribution in [0.1, 0.15) is 40.2 Å². The molecule has 0 bridgehead atoms. The van der Waals surface area contributed by atoms with Crippen LogP contribution in [0.25, 0.3) is 0 Å². The number of sulfonamides is 1. The summed E-state index contributed by atoms with van der Waals surface area (Å²) in [5.41, 5.74) is 6.63. The highest BCUT2D eigenvalue weighted by Crippen LogP contribution is 2.25. The number of nitrogens with two attached hydrogens (primary N) is 1. The van der Waals surface area contributed by atoms with Gasteiger partial charge in [0.05, 0.1) is 10.9 Å². The highest BCUT2D eigenvalue weighted by molar-refractivity contribution is 7.89. The largest absolute Gasteiger partial charge is 0.325 e. The number of hydrogen-bond acceptors (Lipinski definition) is 4. The number of nitrogens with one attached hydrogen (secondary N) is 1. The third-order valence-corrected chi connectivity index (χ3v) is 6.19. The average Bonchev–Trinajstić information content (AvgIpc) is 2.48. The van der Waals surface area contributed by atoms with Gasteiger partial charge in [-0.05, 0) is 30.0 Å². The van der Waals surface area contributed by atoms with Crippen LogP contribution in [0.3, 0.4) is 0 Å². The molecule has 0 spiro atoms. The maximum atomic E-state index is 12.7. The fraction of sp³-hybridized carbons (Fsp3) is 0.588. The van der Waals surface area contributed by atoms with Crippen molar-refractivity contribution in [2.24, 2.45) is 11.1 Å². The molecule has 0 saturated carbocycles. The van der Waals surface area contributed by atoms with Gasteiger partial charge in [0, 0.05) is 18.8 Å². The van der Waals surface area contributed by atoms with Crippen molar-refractivity contribution in [3.63, 3.8) is 0 Å². The van der Waals surface area contributed by atoms with Gasteiger partial charge in [0.25, 0.3) is 0 Å². The molecule has 0 aliphatic carbocycles. The number of carbonyl (C=O) groups is 1. The molecule has 0 radical (unpaired) electrons. The molecule has 6 nitrogen and oxygen atoms in total. The van der Waals surface area contributed by atoms with Crippen molar-refractivity contribution < 1.29 is 13.2 Å². The van der Waals surface area contributed by atoms with Crippen LogP contribution in [-0.2, 0) is 14.8 Å². The van der Waals surface area contributed by atoms with Crippen LogP contribution in [0.4, 0.5) is 5.69 Å². The Morgan fingerprint density at radius 1 is 1.24 bits per heavy atom. The molecule has 0 aliphatic heterocycles. The summed E-state index contributed by atoms with van der Waals surface area (Å²) < 4.78 is 26.9. The molecular weight excluding hydrogens is 362 g/mol. The van der Waals surface area contributed by atoms with Gasteiger partial charge in [-0.25, -0.2) is 8.42 Å².